The summed E-state index contributed by atoms with van der Waals surface area (Å²) in [5.74, 6) is 0.297. The topological polar surface area (TPSA) is 48.1 Å². The fourth-order valence-electron chi connectivity index (χ4n) is 2.31. The summed E-state index contributed by atoms with van der Waals surface area (Å²) in [5.41, 5.74) is 1.21. The molecule has 2 heterocycles. The monoisotopic (exact) mass is 235 g/mol. The number of rotatable bonds is 4. The summed E-state index contributed by atoms with van der Waals surface area (Å²) in [5, 5.41) is 3.30. The molecular weight excluding hydrogens is 214 g/mol. The second-order valence-electron chi connectivity index (χ2n) is 4.69. The van der Waals surface area contributed by atoms with Crippen molar-refractivity contribution in [2.45, 2.75) is 32.2 Å². The van der Waals surface area contributed by atoms with Crippen LogP contribution in [0, 0.1) is 0 Å². The van der Waals surface area contributed by atoms with Gasteiger partial charge in [0.2, 0.25) is 5.91 Å². The van der Waals surface area contributed by atoms with Crippen molar-refractivity contribution in [3.63, 3.8) is 0 Å². The van der Waals surface area contributed by atoms with Crippen LogP contribution < -0.4 is 5.32 Å². The molecule has 2 N–H and O–H groups in total. The molecule has 0 aliphatic carbocycles. The van der Waals surface area contributed by atoms with Crippen molar-refractivity contribution in [2.24, 2.45) is 0 Å². The van der Waals surface area contributed by atoms with E-state index in [9.17, 15) is 4.79 Å². The Morgan fingerprint density at radius 1 is 1.59 bits per heavy atom. The largest absolute Gasteiger partial charge is 0.365 e. The van der Waals surface area contributed by atoms with Crippen molar-refractivity contribution < 1.29 is 4.79 Å². The normalized spacial score (nSPS) is 20.5. The standard InChI is InChI=1S/C13H21N3O/c1-11-10-14-8-9-16(11)13(17)6-2-4-12-5-3-7-15-12/h3,5,7,11,14-15H,2,4,6,8-10H2,1H3. The van der Waals surface area contributed by atoms with E-state index >= 15 is 0 Å². The average Bonchev–Trinajstić information content (AvgIpc) is 2.82. The molecule has 0 radical (unpaired) electrons. The molecule has 1 atom stereocenters. The zero-order chi connectivity index (χ0) is 12.1. The van der Waals surface area contributed by atoms with Crippen LogP contribution in [0.4, 0.5) is 0 Å². The Kier molecular flexibility index (Phi) is 4.20. The summed E-state index contributed by atoms with van der Waals surface area (Å²) in [4.78, 5) is 17.2. The average molecular weight is 235 g/mol. The summed E-state index contributed by atoms with van der Waals surface area (Å²) in [6.45, 7) is 4.80. The van der Waals surface area contributed by atoms with Crippen molar-refractivity contribution in [3.8, 4) is 0 Å². The Bertz CT molecular complexity index is 348. The van der Waals surface area contributed by atoms with Gasteiger partial charge in [0, 0.05) is 44.0 Å². The van der Waals surface area contributed by atoms with Gasteiger partial charge in [0.25, 0.3) is 0 Å². The number of aromatic amines is 1. The summed E-state index contributed by atoms with van der Waals surface area (Å²) in [6.07, 6.45) is 4.47. The third-order valence-electron chi connectivity index (χ3n) is 3.32. The van der Waals surface area contributed by atoms with Crippen LogP contribution in [0.1, 0.15) is 25.5 Å². The highest BCUT2D eigenvalue weighted by atomic mass is 16.2. The molecule has 1 unspecified atom stereocenters. The van der Waals surface area contributed by atoms with Gasteiger partial charge in [-0.15, -0.1) is 0 Å². The van der Waals surface area contributed by atoms with Gasteiger partial charge in [-0.25, -0.2) is 0 Å². The molecule has 0 aromatic carbocycles. The molecule has 1 saturated heterocycles. The number of carbonyl (C=O) groups excluding carboxylic acids is 1. The summed E-state index contributed by atoms with van der Waals surface area (Å²) in [7, 11) is 0. The molecule has 2 rings (SSSR count). The van der Waals surface area contributed by atoms with Crippen LogP contribution in [0.25, 0.3) is 0 Å². The first-order valence-electron chi connectivity index (χ1n) is 6.40. The zero-order valence-electron chi connectivity index (χ0n) is 10.4. The molecule has 0 spiro atoms. The molecule has 4 nitrogen and oxygen atoms in total. The minimum Gasteiger partial charge on any atom is -0.365 e. The van der Waals surface area contributed by atoms with Crippen LogP contribution in [-0.2, 0) is 11.2 Å². The molecule has 1 aromatic rings. The Morgan fingerprint density at radius 2 is 2.47 bits per heavy atom. The van der Waals surface area contributed by atoms with Crippen LogP contribution >= 0.6 is 0 Å². The molecule has 1 amide bonds. The number of amides is 1. The first kappa shape index (κ1) is 12.2. The second-order valence-corrected chi connectivity index (χ2v) is 4.69. The van der Waals surface area contributed by atoms with E-state index in [1.54, 1.807) is 0 Å². The van der Waals surface area contributed by atoms with Crippen molar-refractivity contribution in [2.75, 3.05) is 19.6 Å². The van der Waals surface area contributed by atoms with E-state index in [0.717, 1.165) is 32.5 Å². The maximum atomic E-state index is 12.0. The summed E-state index contributed by atoms with van der Waals surface area (Å²) in [6, 6.07) is 4.40. The third kappa shape index (κ3) is 3.33. The van der Waals surface area contributed by atoms with E-state index in [-0.39, 0.29) is 0 Å². The number of carbonyl (C=O) groups is 1. The molecule has 1 aromatic heterocycles. The maximum absolute atomic E-state index is 12.0. The minimum atomic E-state index is 0.297. The molecule has 0 saturated carbocycles. The SMILES string of the molecule is CC1CNCCN1C(=O)CCCc1ccc[nH]1. The Morgan fingerprint density at radius 3 is 3.18 bits per heavy atom. The van der Waals surface area contributed by atoms with Gasteiger partial charge in [-0.05, 0) is 31.9 Å². The van der Waals surface area contributed by atoms with Gasteiger partial charge in [0.1, 0.15) is 0 Å². The lowest BCUT2D eigenvalue weighted by Crippen LogP contribution is -2.52. The molecule has 17 heavy (non-hydrogen) atoms. The number of nitrogens with zero attached hydrogens (tertiary/aromatic N) is 1. The molecule has 1 aliphatic heterocycles. The summed E-state index contributed by atoms with van der Waals surface area (Å²) >= 11 is 0. The van der Waals surface area contributed by atoms with E-state index in [1.165, 1.54) is 5.69 Å². The number of aromatic nitrogens is 1. The van der Waals surface area contributed by atoms with Gasteiger partial charge in [0.05, 0.1) is 0 Å². The van der Waals surface area contributed by atoms with Gasteiger partial charge >= 0.3 is 0 Å². The predicted octanol–water partition coefficient (Wildman–Crippen LogP) is 1.16. The van der Waals surface area contributed by atoms with Crippen LogP contribution in [0.5, 0.6) is 0 Å². The van der Waals surface area contributed by atoms with E-state index in [4.69, 9.17) is 0 Å². The van der Waals surface area contributed by atoms with Crippen molar-refractivity contribution in [3.05, 3.63) is 24.0 Å². The number of piperazine rings is 1. The number of H-pyrrole nitrogens is 1. The molecule has 1 fully saturated rings. The number of hydrogen-bond donors (Lipinski definition) is 2. The Hall–Kier alpha value is -1.29. The Balaban J connectivity index is 1.73. The number of hydrogen-bond acceptors (Lipinski definition) is 2. The lowest BCUT2D eigenvalue weighted by atomic mass is 10.1. The second kappa shape index (κ2) is 5.87. The van der Waals surface area contributed by atoms with E-state index in [1.807, 2.05) is 17.2 Å². The van der Waals surface area contributed by atoms with E-state index in [2.05, 4.69) is 23.3 Å². The van der Waals surface area contributed by atoms with Crippen LogP contribution in [0.15, 0.2) is 18.3 Å². The van der Waals surface area contributed by atoms with Gasteiger partial charge in [-0.3, -0.25) is 4.79 Å². The van der Waals surface area contributed by atoms with Crippen LogP contribution in [-0.4, -0.2) is 41.5 Å². The van der Waals surface area contributed by atoms with E-state index < -0.39 is 0 Å². The van der Waals surface area contributed by atoms with Crippen LogP contribution in [0.3, 0.4) is 0 Å². The lowest BCUT2D eigenvalue weighted by molar-refractivity contribution is -0.134. The highest BCUT2D eigenvalue weighted by Gasteiger charge is 2.22. The van der Waals surface area contributed by atoms with Crippen molar-refractivity contribution >= 4 is 5.91 Å². The highest BCUT2D eigenvalue weighted by Crippen LogP contribution is 2.08. The number of nitrogens with one attached hydrogen (secondary N) is 2. The van der Waals surface area contributed by atoms with E-state index in [0.29, 0.717) is 18.4 Å². The fourth-order valence-corrected chi connectivity index (χ4v) is 2.31. The molecule has 4 heteroatoms. The maximum Gasteiger partial charge on any atom is 0.222 e. The van der Waals surface area contributed by atoms with Gasteiger partial charge in [0.15, 0.2) is 0 Å². The molecule has 1 aliphatic rings. The first-order valence-corrected chi connectivity index (χ1v) is 6.40. The van der Waals surface area contributed by atoms with Crippen LogP contribution in [0.2, 0.25) is 0 Å². The summed E-state index contributed by atoms with van der Waals surface area (Å²) < 4.78 is 0. The molecular formula is C13H21N3O. The molecule has 0 bridgehead atoms. The molecule has 94 valence electrons. The highest BCUT2D eigenvalue weighted by molar-refractivity contribution is 5.76. The quantitative estimate of drug-likeness (QED) is 0.822. The number of aryl methyl sites for hydroxylation is 1. The van der Waals surface area contributed by atoms with Crippen molar-refractivity contribution in [1.29, 1.82) is 0 Å². The third-order valence-corrected chi connectivity index (χ3v) is 3.32. The lowest BCUT2D eigenvalue weighted by Gasteiger charge is -2.34. The van der Waals surface area contributed by atoms with Crippen molar-refractivity contribution in [1.82, 2.24) is 15.2 Å². The Labute approximate surface area is 102 Å². The predicted molar refractivity (Wildman–Crippen MR) is 67.8 cm³/mol. The van der Waals surface area contributed by atoms with Gasteiger partial charge < -0.3 is 15.2 Å². The smallest absolute Gasteiger partial charge is 0.222 e. The van der Waals surface area contributed by atoms with Gasteiger partial charge in [-0.2, -0.15) is 0 Å². The minimum absolute atomic E-state index is 0.297. The fraction of sp³-hybridized carbons (Fsp3) is 0.615. The first-order chi connectivity index (χ1) is 8.27. The zero-order valence-corrected chi connectivity index (χ0v) is 10.4. The van der Waals surface area contributed by atoms with Gasteiger partial charge in [-0.1, -0.05) is 0 Å².